The van der Waals surface area contributed by atoms with Crippen LogP contribution in [0.2, 0.25) is 0 Å². The van der Waals surface area contributed by atoms with Crippen molar-refractivity contribution in [2.24, 2.45) is 0 Å². The summed E-state index contributed by atoms with van der Waals surface area (Å²) in [6.45, 7) is 0. The molecule has 0 fully saturated rings. The average molecular weight is 242 g/mol. The molecule has 8 nitrogen and oxygen atoms in total. The summed E-state index contributed by atoms with van der Waals surface area (Å²) in [6.07, 6.45) is 6.12. The molecule has 18 heavy (non-hydrogen) atoms. The molecule has 0 N–H and O–H groups in total. The van der Waals surface area contributed by atoms with Crippen molar-refractivity contribution in [3.8, 4) is 23.0 Å². The normalized spacial score (nSPS) is 10.4. The zero-order valence-electron chi connectivity index (χ0n) is 8.96. The Labute approximate surface area is 101 Å². The van der Waals surface area contributed by atoms with Crippen molar-refractivity contribution in [2.75, 3.05) is 0 Å². The van der Waals surface area contributed by atoms with E-state index in [1.165, 1.54) is 12.4 Å². The maximum Gasteiger partial charge on any atom is 0.296 e. The summed E-state index contributed by atoms with van der Waals surface area (Å²) in [6, 6.07) is 3.30. The first-order valence-electron chi connectivity index (χ1n) is 5.01. The number of nitrogens with zero attached hydrogens (tertiary/aromatic N) is 6. The second-order valence-corrected chi connectivity index (χ2v) is 3.27. The highest BCUT2D eigenvalue weighted by Crippen LogP contribution is 2.21. The first kappa shape index (κ1) is 10.3. The van der Waals surface area contributed by atoms with E-state index < -0.39 is 0 Å². The number of hydrogen-bond donors (Lipinski definition) is 0. The molecule has 0 atom stereocenters. The summed E-state index contributed by atoms with van der Waals surface area (Å²) < 4.78 is 4.56. The van der Waals surface area contributed by atoms with Gasteiger partial charge in [0, 0.05) is 24.8 Å². The van der Waals surface area contributed by atoms with Crippen molar-refractivity contribution in [3.63, 3.8) is 0 Å². The van der Waals surface area contributed by atoms with E-state index in [0.717, 1.165) is 0 Å². The molecule has 0 amide bonds. The lowest BCUT2D eigenvalue weighted by Gasteiger charge is -1.95. The summed E-state index contributed by atoms with van der Waals surface area (Å²) in [7, 11) is 0. The van der Waals surface area contributed by atoms with Crippen LogP contribution in [0.1, 0.15) is 0 Å². The van der Waals surface area contributed by atoms with Crippen molar-refractivity contribution >= 4 is 0 Å². The van der Waals surface area contributed by atoms with Gasteiger partial charge in [-0.15, -0.1) is 0 Å². The Kier molecular flexibility index (Phi) is 2.38. The fraction of sp³-hybridized carbons (Fsp3) is 0. The summed E-state index contributed by atoms with van der Waals surface area (Å²) in [5, 5.41) is 15.2. The first-order chi connectivity index (χ1) is 8.86. The lowest BCUT2D eigenvalue weighted by molar-refractivity contribution is -0.793. The Balaban J connectivity index is 2.19. The minimum atomic E-state index is 0.0850. The van der Waals surface area contributed by atoms with Crippen LogP contribution in [0.25, 0.3) is 23.0 Å². The van der Waals surface area contributed by atoms with E-state index in [1.807, 2.05) is 0 Å². The molecular weight excluding hydrogens is 236 g/mol. The molecule has 3 aromatic rings. The maximum absolute atomic E-state index is 11.6. The molecule has 3 heterocycles. The lowest BCUT2D eigenvalue weighted by Crippen LogP contribution is -2.26. The second kappa shape index (κ2) is 4.17. The third-order valence-corrected chi connectivity index (χ3v) is 2.17. The van der Waals surface area contributed by atoms with Crippen LogP contribution in [0.4, 0.5) is 0 Å². The molecule has 0 aliphatic carbocycles. The molecule has 0 aromatic carbocycles. The van der Waals surface area contributed by atoms with E-state index in [2.05, 4.69) is 29.7 Å². The van der Waals surface area contributed by atoms with E-state index in [4.69, 9.17) is 0 Å². The highest BCUT2D eigenvalue weighted by atomic mass is 16.8. The third kappa shape index (κ3) is 1.65. The number of aromatic nitrogens is 6. The molecule has 3 aromatic heterocycles. The van der Waals surface area contributed by atoms with Gasteiger partial charge in [0.15, 0.2) is 0 Å². The van der Waals surface area contributed by atoms with E-state index in [9.17, 15) is 5.21 Å². The van der Waals surface area contributed by atoms with E-state index in [0.29, 0.717) is 0 Å². The van der Waals surface area contributed by atoms with Gasteiger partial charge in [0.25, 0.3) is 11.4 Å². The molecule has 0 aliphatic rings. The van der Waals surface area contributed by atoms with Crippen LogP contribution in [0.15, 0.2) is 41.5 Å². The highest BCUT2D eigenvalue weighted by molar-refractivity contribution is 5.66. The Morgan fingerprint density at radius 2 is 1.44 bits per heavy atom. The molecule has 0 saturated heterocycles. The van der Waals surface area contributed by atoms with E-state index in [-0.39, 0.29) is 27.9 Å². The van der Waals surface area contributed by atoms with Gasteiger partial charge in [0.1, 0.15) is 0 Å². The van der Waals surface area contributed by atoms with Crippen LogP contribution in [-0.2, 0) is 0 Å². The summed E-state index contributed by atoms with van der Waals surface area (Å²) >= 11 is 0. The maximum atomic E-state index is 11.6. The van der Waals surface area contributed by atoms with Gasteiger partial charge in [-0.05, 0) is 17.0 Å². The van der Waals surface area contributed by atoms with E-state index >= 15 is 0 Å². The quantitative estimate of drug-likeness (QED) is 0.592. The highest BCUT2D eigenvalue weighted by Gasteiger charge is 2.26. The van der Waals surface area contributed by atoms with Gasteiger partial charge in [-0.3, -0.25) is 4.63 Å². The van der Waals surface area contributed by atoms with Crippen LogP contribution in [0, 0.1) is 5.21 Å². The van der Waals surface area contributed by atoms with Gasteiger partial charge in [0.05, 0.1) is 5.16 Å². The molecular formula is C10H6N6O2. The van der Waals surface area contributed by atoms with Gasteiger partial charge in [-0.25, -0.2) is 19.9 Å². The van der Waals surface area contributed by atoms with Crippen molar-refractivity contribution < 1.29 is 9.53 Å². The van der Waals surface area contributed by atoms with Gasteiger partial charge in [-0.2, -0.15) is 0 Å². The summed E-state index contributed by atoms with van der Waals surface area (Å²) in [5.74, 6) is 0.481. The van der Waals surface area contributed by atoms with Gasteiger partial charge >= 0.3 is 0 Å². The predicted molar refractivity (Wildman–Crippen MR) is 57.5 cm³/mol. The standard InChI is InChI=1S/C10H6N6O2/c17-16-8(10-13-5-2-6-14-10)7(15-18-16)9-11-3-1-4-12-9/h1-6H. The number of hydrogen-bond acceptors (Lipinski definition) is 7. The topological polar surface area (TPSA) is 105 Å². The molecule has 0 unspecified atom stereocenters. The minimum Gasteiger partial charge on any atom is -0.359 e. The monoisotopic (exact) mass is 242 g/mol. The van der Waals surface area contributed by atoms with Crippen molar-refractivity contribution in [1.82, 2.24) is 25.1 Å². The summed E-state index contributed by atoms with van der Waals surface area (Å²) in [4.78, 5) is 16.2. The van der Waals surface area contributed by atoms with Crippen LogP contribution in [0.5, 0.6) is 0 Å². The third-order valence-electron chi connectivity index (χ3n) is 2.17. The van der Waals surface area contributed by atoms with Crippen molar-refractivity contribution in [2.45, 2.75) is 0 Å². The smallest absolute Gasteiger partial charge is 0.296 e. The zero-order valence-corrected chi connectivity index (χ0v) is 8.96. The largest absolute Gasteiger partial charge is 0.359 e. The molecule has 0 saturated carbocycles. The zero-order chi connectivity index (χ0) is 12.4. The van der Waals surface area contributed by atoms with Crippen molar-refractivity contribution in [3.05, 3.63) is 42.1 Å². The predicted octanol–water partition coefficient (Wildman–Crippen LogP) is 0.222. The fourth-order valence-electron chi connectivity index (χ4n) is 1.43. The van der Waals surface area contributed by atoms with E-state index in [1.54, 1.807) is 24.5 Å². The first-order valence-corrected chi connectivity index (χ1v) is 5.01. The molecule has 0 bridgehead atoms. The molecule has 3 rings (SSSR count). The van der Waals surface area contributed by atoms with Gasteiger partial charge in [0.2, 0.25) is 11.6 Å². The SMILES string of the molecule is [O-][n+]1onc(-c2ncccn2)c1-c1ncccn1. The lowest BCUT2D eigenvalue weighted by atomic mass is 10.3. The summed E-state index contributed by atoms with van der Waals surface area (Å²) in [5.41, 5.74) is 0.290. The van der Waals surface area contributed by atoms with Crippen LogP contribution in [0.3, 0.4) is 0 Å². The van der Waals surface area contributed by atoms with Crippen LogP contribution < -0.4 is 4.90 Å². The Morgan fingerprint density at radius 1 is 0.889 bits per heavy atom. The molecule has 0 radical (unpaired) electrons. The van der Waals surface area contributed by atoms with Crippen LogP contribution >= 0.6 is 0 Å². The average Bonchev–Trinajstić information content (AvgIpc) is 2.83. The van der Waals surface area contributed by atoms with Crippen molar-refractivity contribution in [1.29, 1.82) is 0 Å². The molecule has 8 heteroatoms. The fourth-order valence-corrected chi connectivity index (χ4v) is 1.43. The van der Waals surface area contributed by atoms with Crippen LogP contribution in [-0.4, -0.2) is 25.1 Å². The Morgan fingerprint density at radius 3 is 2.06 bits per heavy atom. The molecule has 0 spiro atoms. The number of rotatable bonds is 2. The molecule has 88 valence electrons. The minimum absolute atomic E-state index is 0.0850. The van der Waals surface area contributed by atoms with Gasteiger partial charge < -0.3 is 5.21 Å². The Bertz CT molecular complexity index is 655. The Hall–Kier alpha value is -2.90. The second-order valence-electron chi connectivity index (χ2n) is 3.27. The van der Waals surface area contributed by atoms with Gasteiger partial charge in [-0.1, -0.05) is 0 Å². The molecule has 0 aliphatic heterocycles.